The zero-order chi connectivity index (χ0) is 29.9. The first-order chi connectivity index (χ1) is 19.9. The lowest BCUT2D eigenvalue weighted by molar-refractivity contribution is -0.145. The number of nitrogens with zero attached hydrogens (tertiary/aromatic N) is 1. The normalized spacial score (nSPS) is 15.8. The van der Waals surface area contributed by atoms with Crippen molar-refractivity contribution >= 4 is 23.9 Å². The van der Waals surface area contributed by atoms with E-state index < -0.39 is 18.1 Å². The fourth-order valence-corrected chi connectivity index (χ4v) is 4.65. The van der Waals surface area contributed by atoms with E-state index in [1.165, 1.54) is 0 Å². The molecule has 1 aliphatic heterocycles. The minimum atomic E-state index is -0.625. The second-order valence-electron chi connectivity index (χ2n) is 10.2. The molecule has 0 spiro atoms. The van der Waals surface area contributed by atoms with Gasteiger partial charge in [-0.05, 0) is 50.5 Å². The van der Waals surface area contributed by atoms with Crippen molar-refractivity contribution in [3.63, 3.8) is 0 Å². The molecule has 0 unspecified atom stereocenters. The van der Waals surface area contributed by atoms with Crippen LogP contribution in [0.1, 0.15) is 63.4 Å². The Hall–Kier alpha value is -3.66. The molecule has 41 heavy (non-hydrogen) atoms. The Morgan fingerprint density at radius 2 is 1.88 bits per heavy atom. The van der Waals surface area contributed by atoms with Crippen molar-refractivity contribution in [3.8, 4) is 0 Å². The molecule has 0 bridgehead atoms. The topological polar surface area (TPSA) is 134 Å². The summed E-state index contributed by atoms with van der Waals surface area (Å²) in [5.74, 6) is -1.48. The van der Waals surface area contributed by atoms with Gasteiger partial charge in [-0.25, -0.2) is 4.79 Å². The van der Waals surface area contributed by atoms with Crippen LogP contribution in [0.25, 0.3) is 0 Å². The predicted octanol–water partition coefficient (Wildman–Crippen LogP) is 3.64. The maximum absolute atomic E-state index is 13.2. The predicted molar refractivity (Wildman–Crippen MR) is 156 cm³/mol. The smallest absolute Gasteiger partial charge is 0.407 e. The van der Waals surface area contributed by atoms with E-state index in [9.17, 15) is 24.3 Å². The number of aliphatic hydroxyl groups excluding tert-OH is 1. The lowest BCUT2D eigenvalue weighted by Gasteiger charge is -2.26. The Morgan fingerprint density at radius 1 is 1.10 bits per heavy atom. The number of esters is 1. The van der Waals surface area contributed by atoms with Crippen LogP contribution in [0.15, 0.2) is 55.6 Å². The average Bonchev–Trinajstić information content (AvgIpc) is 3.47. The van der Waals surface area contributed by atoms with Gasteiger partial charge in [-0.1, -0.05) is 42.5 Å². The van der Waals surface area contributed by atoms with Crippen LogP contribution >= 0.6 is 0 Å². The summed E-state index contributed by atoms with van der Waals surface area (Å²) in [4.78, 5) is 51.8. The first-order valence-electron chi connectivity index (χ1n) is 14.4. The lowest BCUT2D eigenvalue weighted by atomic mass is 9.98. The second-order valence-corrected chi connectivity index (χ2v) is 10.2. The van der Waals surface area contributed by atoms with E-state index in [1.54, 1.807) is 17.1 Å². The average molecular weight is 572 g/mol. The molecule has 3 amide bonds. The summed E-state index contributed by atoms with van der Waals surface area (Å²) in [5.41, 5.74) is 0.897. The Kier molecular flexibility index (Phi) is 15.9. The Labute approximate surface area is 243 Å². The summed E-state index contributed by atoms with van der Waals surface area (Å²) in [6.07, 6.45) is 7.12. The first-order valence-corrected chi connectivity index (χ1v) is 14.4. The number of likely N-dealkylation sites (tertiary alicyclic amines) is 1. The summed E-state index contributed by atoms with van der Waals surface area (Å²) in [6.45, 7) is 8.40. The molecule has 1 aromatic rings. The maximum atomic E-state index is 13.2. The van der Waals surface area contributed by atoms with E-state index in [1.807, 2.05) is 30.3 Å². The molecule has 0 radical (unpaired) electrons. The molecule has 2 rings (SSSR count). The molecule has 10 nitrogen and oxygen atoms in total. The molecule has 0 saturated carbocycles. The summed E-state index contributed by atoms with van der Waals surface area (Å²) in [5, 5.41) is 15.2. The van der Waals surface area contributed by atoms with E-state index in [0.717, 1.165) is 18.4 Å². The van der Waals surface area contributed by atoms with Crippen molar-refractivity contribution in [3.05, 3.63) is 61.2 Å². The summed E-state index contributed by atoms with van der Waals surface area (Å²) in [6, 6.07) is 8.73. The fourth-order valence-electron chi connectivity index (χ4n) is 4.65. The van der Waals surface area contributed by atoms with Gasteiger partial charge in [-0.2, -0.15) is 0 Å². The van der Waals surface area contributed by atoms with Gasteiger partial charge in [0.15, 0.2) is 0 Å². The highest BCUT2D eigenvalue weighted by Gasteiger charge is 2.31. The van der Waals surface area contributed by atoms with Gasteiger partial charge in [-0.3, -0.25) is 14.4 Å². The van der Waals surface area contributed by atoms with Gasteiger partial charge in [0.2, 0.25) is 11.8 Å². The molecule has 1 heterocycles. The van der Waals surface area contributed by atoms with E-state index in [-0.39, 0.29) is 56.5 Å². The van der Waals surface area contributed by atoms with Crippen LogP contribution in [0.2, 0.25) is 0 Å². The summed E-state index contributed by atoms with van der Waals surface area (Å²) in [7, 11) is 0. The third kappa shape index (κ3) is 13.0. The number of ether oxygens (including phenoxy) is 2. The number of aliphatic hydroxyl groups is 1. The number of carbonyl (C=O) groups excluding carboxylic acids is 4. The molecule has 3 atom stereocenters. The van der Waals surface area contributed by atoms with Crippen LogP contribution in [0.5, 0.6) is 0 Å². The maximum Gasteiger partial charge on any atom is 0.407 e. The van der Waals surface area contributed by atoms with Gasteiger partial charge >= 0.3 is 12.1 Å². The minimum Gasteiger partial charge on any atom is -0.463 e. The molecule has 1 saturated heterocycles. The molecule has 1 aliphatic rings. The standard InChI is InChI=1S/C31H45N3O7/c1-3-5-17-29(37)40-23-26(15-9-10-18-32-31(39)41-22-24-13-7-6-8-14-24)33-30(38)25(12-4-2)20-28(36)34-19-11-16-27(34)21-35/h3-4,6-8,13-14,25-27,35H,1-2,5,9-12,15-23H2,(H,32,39)(H,33,38)/t25-,26+,27+/m1/s1. The highest BCUT2D eigenvalue weighted by molar-refractivity contribution is 5.86. The summed E-state index contributed by atoms with van der Waals surface area (Å²) >= 11 is 0. The quantitative estimate of drug-likeness (QED) is 0.131. The van der Waals surface area contributed by atoms with Gasteiger partial charge in [0.1, 0.15) is 13.2 Å². The van der Waals surface area contributed by atoms with Crippen molar-refractivity contribution in [1.29, 1.82) is 0 Å². The van der Waals surface area contributed by atoms with Crippen LogP contribution in [0.4, 0.5) is 4.79 Å². The molecule has 3 N–H and O–H groups in total. The number of alkyl carbamates (subject to hydrolysis) is 1. The largest absolute Gasteiger partial charge is 0.463 e. The van der Waals surface area contributed by atoms with Crippen LogP contribution in [-0.2, 0) is 30.5 Å². The first kappa shape index (κ1) is 33.5. The molecule has 10 heteroatoms. The molecule has 0 aliphatic carbocycles. The van der Waals surface area contributed by atoms with Gasteiger partial charge in [-0.15, -0.1) is 13.2 Å². The number of allylic oxidation sites excluding steroid dienone is 2. The number of benzene rings is 1. The number of carbonyl (C=O) groups is 4. The van der Waals surface area contributed by atoms with Crippen LogP contribution < -0.4 is 10.6 Å². The second kappa shape index (κ2) is 19.4. The van der Waals surface area contributed by atoms with Crippen molar-refractivity contribution in [2.45, 2.75) is 76.5 Å². The molecule has 0 aromatic heterocycles. The molecular formula is C31H45N3O7. The van der Waals surface area contributed by atoms with Crippen LogP contribution in [0, 0.1) is 5.92 Å². The van der Waals surface area contributed by atoms with Crippen molar-refractivity contribution in [2.75, 3.05) is 26.3 Å². The Bertz CT molecular complexity index is 985. The number of rotatable bonds is 19. The highest BCUT2D eigenvalue weighted by atomic mass is 16.5. The molecule has 1 fully saturated rings. The third-order valence-corrected chi connectivity index (χ3v) is 6.96. The Balaban J connectivity index is 1.86. The molecule has 226 valence electrons. The van der Waals surface area contributed by atoms with Gasteiger partial charge in [0.25, 0.3) is 0 Å². The van der Waals surface area contributed by atoms with Crippen LogP contribution in [0.3, 0.4) is 0 Å². The highest BCUT2D eigenvalue weighted by Crippen LogP contribution is 2.21. The van der Waals surface area contributed by atoms with Gasteiger partial charge < -0.3 is 30.1 Å². The van der Waals surface area contributed by atoms with Crippen molar-refractivity contribution < 1.29 is 33.8 Å². The number of hydrogen-bond donors (Lipinski definition) is 3. The van der Waals surface area contributed by atoms with Crippen molar-refractivity contribution in [2.24, 2.45) is 5.92 Å². The SMILES string of the molecule is C=CCCC(=O)OC[C@H](CCCCNC(=O)OCc1ccccc1)NC(=O)[C@H](CC=C)CC(=O)N1CCC[C@H]1CO. The molecule has 1 aromatic carbocycles. The van der Waals surface area contributed by atoms with Crippen molar-refractivity contribution in [1.82, 2.24) is 15.5 Å². The van der Waals surface area contributed by atoms with E-state index >= 15 is 0 Å². The van der Waals surface area contributed by atoms with E-state index in [2.05, 4.69) is 23.8 Å². The Morgan fingerprint density at radius 3 is 2.59 bits per heavy atom. The minimum absolute atomic E-state index is 0.00172. The zero-order valence-corrected chi connectivity index (χ0v) is 23.9. The zero-order valence-electron chi connectivity index (χ0n) is 23.9. The van der Waals surface area contributed by atoms with E-state index in [0.29, 0.717) is 45.2 Å². The van der Waals surface area contributed by atoms with E-state index in [4.69, 9.17) is 9.47 Å². The van der Waals surface area contributed by atoms with Crippen LogP contribution in [-0.4, -0.2) is 72.3 Å². The fraction of sp³-hybridized carbons (Fsp3) is 0.548. The summed E-state index contributed by atoms with van der Waals surface area (Å²) < 4.78 is 10.6. The monoisotopic (exact) mass is 571 g/mol. The van der Waals surface area contributed by atoms with Gasteiger partial charge in [0, 0.05) is 25.9 Å². The third-order valence-electron chi connectivity index (χ3n) is 6.96. The number of amides is 3. The number of hydrogen-bond acceptors (Lipinski definition) is 7. The number of unbranched alkanes of at least 4 members (excludes halogenated alkanes) is 1. The number of nitrogens with one attached hydrogen (secondary N) is 2. The molecular weight excluding hydrogens is 526 g/mol. The van der Waals surface area contributed by atoms with Gasteiger partial charge in [0.05, 0.1) is 24.6 Å². The lowest BCUT2D eigenvalue weighted by Crippen LogP contribution is -2.44.